The number of amides is 2. The molecule has 0 spiro atoms. The van der Waals surface area contributed by atoms with Crippen LogP contribution in [0.25, 0.3) is 0 Å². The Bertz CT molecular complexity index is 1170. The summed E-state index contributed by atoms with van der Waals surface area (Å²) in [6.07, 6.45) is 1.83. The van der Waals surface area contributed by atoms with Crippen LogP contribution in [0.4, 0.5) is 20.2 Å². The lowest BCUT2D eigenvalue weighted by Gasteiger charge is -2.26. The number of carbonyl (C=O) groups excluding carboxylic acids is 2. The van der Waals surface area contributed by atoms with Crippen LogP contribution in [0.3, 0.4) is 0 Å². The predicted molar refractivity (Wildman–Crippen MR) is 124 cm³/mol. The fourth-order valence-electron chi connectivity index (χ4n) is 3.75. The molecule has 1 aliphatic carbocycles. The minimum absolute atomic E-state index is 0.128. The smallest absolute Gasteiger partial charge is 0.255 e. The van der Waals surface area contributed by atoms with Crippen LogP contribution >= 0.6 is 0 Å². The molecule has 33 heavy (non-hydrogen) atoms. The van der Waals surface area contributed by atoms with Crippen LogP contribution in [-0.4, -0.2) is 36.9 Å². The average Bonchev–Trinajstić information content (AvgIpc) is 3.63. The van der Waals surface area contributed by atoms with E-state index < -0.39 is 11.7 Å². The van der Waals surface area contributed by atoms with Crippen molar-refractivity contribution < 1.29 is 18.4 Å². The van der Waals surface area contributed by atoms with Crippen molar-refractivity contribution in [3.8, 4) is 0 Å². The van der Waals surface area contributed by atoms with Crippen LogP contribution in [-0.2, 0) is 6.54 Å². The van der Waals surface area contributed by atoms with E-state index >= 15 is 0 Å². The van der Waals surface area contributed by atoms with Crippen LogP contribution in [0.1, 0.15) is 39.1 Å². The molecule has 0 radical (unpaired) electrons. The van der Waals surface area contributed by atoms with Crippen LogP contribution in [0.15, 0.2) is 66.7 Å². The Morgan fingerprint density at radius 2 is 1.64 bits per heavy atom. The Labute approximate surface area is 191 Å². The predicted octanol–water partition coefficient (Wildman–Crippen LogP) is 5.09. The molecule has 1 aliphatic rings. The van der Waals surface area contributed by atoms with Crippen molar-refractivity contribution in [2.24, 2.45) is 0 Å². The lowest BCUT2D eigenvalue weighted by Crippen LogP contribution is -2.33. The number of carbonyl (C=O) groups is 2. The van der Waals surface area contributed by atoms with Gasteiger partial charge in [0.2, 0.25) is 0 Å². The van der Waals surface area contributed by atoms with Crippen molar-refractivity contribution in [1.82, 2.24) is 4.90 Å². The van der Waals surface area contributed by atoms with Crippen molar-refractivity contribution >= 4 is 23.2 Å². The molecule has 7 heteroatoms. The summed E-state index contributed by atoms with van der Waals surface area (Å²) in [6, 6.07) is 16.7. The molecule has 1 fully saturated rings. The topological polar surface area (TPSA) is 52.7 Å². The summed E-state index contributed by atoms with van der Waals surface area (Å²) in [4.78, 5) is 29.5. The van der Waals surface area contributed by atoms with E-state index in [9.17, 15) is 18.4 Å². The summed E-state index contributed by atoms with van der Waals surface area (Å²) in [6.45, 7) is 0.345. The number of hydrogen-bond donors (Lipinski definition) is 1. The number of rotatable bonds is 7. The van der Waals surface area contributed by atoms with E-state index in [-0.39, 0.29) is 23.3 Å². The highest BCUT2D eigenvalue weighted by Crippen LogP contribution is 2.33. The first kappa shape index (κ1) is 22.5. The monoisotopic (exact) mass is 449 g/mol. The molecule has 1 N–H and O–H groups in total. The molecule has 0 aliphatic heterocycles. The van der Waals surface area contributed by atoms with Gasteiger partial charge in [-0.05, 0) is 79.1 Å². The molecule has 0 atom stereocenters. The Morgan fingerprint density at radius 1 is 0.909 bits per heavy atom. The van der Waals surface area contributed by atoms with Gasteiger partial charge in [-0.25, -0.2) is 8.78 Å². The van der Waals surface area contributed by atoms with E-state index in [1.54, 1.807) is 17.0 Å². The summed E-state index contributed by atoms with van der Waals surface area (Å²) in [5, 5.41) is 2.81. The zero-order chi connectivity index (χ0) is 23.5. The SMILES string of the molecule is CN(C)c1ccc(NC(=O)c2cccc(F)c2)cc1CN(C(=O)c1ccc(F)cc1)C1CC1. The molecule has 0 saturated heterocycles. The van der Waals surface area contributed by atoms with Gasteiger partial charge in [-0.1, -0.05) is 6.07 Å². The fraction of sp³-hybridized carbons (Fsp3) is 0.231. The van der Waals surface area contributed by atoms with E-state index in [2.05, 4.69) is 5.32 Å². The normalized spacial score (nSPS) is 12.8. The standard InChI is InChI=1S/C26H25F2N3O2/c1-30(2)24-13-10-22(29-25(32)18-4-3-5-21(28)14-18)15-19(24)16-31(23-11-12-23)26(33)17-6-8-20(27)9-7-17/h3-10,13-15,23H,11-12,16H2,1-2H3,(H,29,32). The Balaban J connectivity index is 1.60. The largest absolute Gasteiger partial charge is 0.377 e. The van der Waals surface area contributed by atoms with E-state index in [1.165, 1.54) is 42.5 Å². The number of benzene rings is 3. The number of nitrogens with zero attached hydrogens (tertiary/aromatic N) is 2. The highest BCUT2D eigenvalue weighted by atomic mass is 19.1. The molecule has 0 heterocycles. The van der Waals surface area contributed by atoms with Gasteiger partial charge in [0.05, 0.1) is 0 Å². The number of hydrogen-bond acceptors (Lipinski definition) is 3. The van der Waals surface area contributed by atoms with Crippen LogP contribution in [0.5, 0.6) is 0 Å². The maximum atomic E-state index is 13.5. The highest BCUT2D eigenvalue weighted by molar-refractivity contribution is 6.04. The number of halogens is 2. The average molecular weight is 450 g/mol. The van der Waals surface area contributed by atoms with Gasteiger partial charge in [-0.15, -0.1) is 0 Å². The summed E-state index contributed by atoms with van der Waals surface area (Å²) in [5.74, 6) is -1.44. The van der Waals surface area contributed by atoms with Gasteiger partial charge in [0.1, 0.15) is 11.6 Å². The van der Waals surface area contributed by atoms with Crippen molar-refractivity contribution in [3.05, 3.63) is 95.1 Å². The van der Waals surface area contributed by atoms with Crippen molar-refractivity contribution in [2.75, 3.05) is 24.3 Å². The van der Waals surface area contributed by atoms with E-state index in [0.29, 0.717) is 17.8 Å². The molecule has 3 aromatic rings. The van der Waals surface area contributed by atoms with Crippen LogP contribution < -0.4 is 10.2 Å². The third-order valence-corrected chi connectivity index (χ3v) is 5.59. The second-order valence-corrected chi connectivity index (χ2v) is 8.37. The minimum atomic E-state index is -0.481. The summed E-state index contributed by atoms with van der Waals surface area (Å²) >= 11 is 0. The van der Waals surface area contributed by atoms with Crippen molar-refractivity contribution in [3.63, 3.8) is 0 Å². The maximum Gasteiger partial charge on any atom is 0.255 e. The summed E-state index contributed by atoms with van der Waals surface area (Å²) in [5.41, 5.74) is 2.98. The van der Waals surface area contributed by atoms with E-state index in [4.69, 9.17) is 0 Å². The zero-order valence-electron chi connectivity index (χ0n) is 18.5. The number of nitrogens with one attached hydrogen (secondary N) is 1. The first-order valence-electron chi connectivity index (χ1n) is 10.8. The van der Waals surface area contributed by atoms with Crippen molar-refractivity contribution in [1.29, 1.82) is 0 Å². The summed E-state index contributed by atoms with van der Waals surface area (Å²) < 4.78 is 26.8. The molecular weight excluding hydrogens is 424 g/mol. The summed E-state index contributed by atoms with van der Waals surface area (Å²) in [7, 11) is 3.82. The highest BCUT2D eigenvalue weighted by Gasteiger charge is 2.33. The minimum Gasteiger partial charge on any atom is -0.377 e. The molecule has 2 amide bonds. The van der Waals surface area contributed by atoms with Gasteiger partial charge in [0.15, 0.2) is 0 Å². The third kappa shape index (κ3) is 5.37. The van der Waals surface area contributed by atoms with Gasteiger partial charge >= 0.3 is 0 Å². The van der Waals surface area contributed by atoms with Gasteiger partial charge < -0.3 is 15.1 Å². The molecule has 0 unspecified atom stereocenters. The Hall–Kier alpha value is -3.74. The lowest BCUT2D eigenvalue weighted by molar-refractivity contribution is 0.0730. The molecule has 0 bridgehead atoms. The molecule has 5 nitrogen and oxygen atoms in total. The van der Waals surface area contributed by atoms with E-state index in [0.717, 1.165) is 24.1 Å². The Morgan fingerprint density at radius 3 is 2.27 bits per heavy atom. The van der Waals surface area contributed by atoms with Crippen molar-refractivity contribution in [2.45, 2.75) is 25.4 Å². The van der Waals surface area contributed by atoms with Gasteiger partial charge in [0.25, 0.3) is 11.8 Å². The first-order chi connectivity index (χ1) is 15.8. The molecular formula is C26H25F2N3O2. The first-order valence-corrected chi connectivity index (χ1v) is 10.8. The number of anilines is 2. The zero-order valence-corrected chi connectivity index (χ0v) is 18.5. The maximum absolute atomic E-state index is 13.5. The van der Waals surface area contributed by atoms with Gasteiger partial charge in [-0.3, -0.25) is 9.59 Å². The molecule has 3 aromatic carbocycles. The Kier molecular flexibility index (Phi) is 6.40. The van der Waals surface area contributed by atoms with Crippen LogP contribution in [0, 0.1) is 11.6 Å². The second-order valence-electron chi connectivity index (χ2n) is 8.37. The molecule has 4 rings (SSSR count). The molecule has 170 valence electrons. The fourth-order valence-corrected chi connectivity index (χ4v) is 3.75. The van der Waals surface area contributed by atoms with E-state index in [1.807, 2.05) is 31.1 Å². The van der Waals surface area contributed by atoms with Crippen LogP contribution in [0.2, 0.25) is 0 Å². The third-order valence-electron chi connectivity index (χ3n) is 5.59. The van der Waals surface area contributed by atoms with Gasteiger partial charge in [0, 0.05) is 49.2 Å². The molecule has 0 aromatic heterocycles. The second kappa shape index (κ2) is 9.40. The van der Waals surface area contributed by atoms with Gasteiger partial charge in [-0.2, -0.15) is 0 Å². The quantitative estimate of drug-likeness (QED) is 0.547. The molecule has 1 saturated carbocycles. The lowest BCUT2D eigenvalue weighted by atomic mass is 10.1.